The monoisotopic (exact) mass is 469 g/mol. The van der Waals surface area contributed by atoms with Gasteiger partial charge in [-0.1, -0.05) is 0 Å². The first-order valence-corrected chi connectivity index (χ1v) is 11.7. The molecule has 34 heavy (non-hydrogen) atoms. The first kappa shape index (κ1) is 22.6. The molecule has 0 spiro atoms. The number of amides is 1. The van der Waals surface area contributed by atoms with Crippen LogP contribution in [0.1, 0.15) is 52.0 Å². The van der Waals surface area contributed by atoms with Gasteiger partial charge >= 0.3 is 6.09 Å². The molecule has 1 aromatic carbocycles. The van der Waals surface area contributed by atoms with Crippen molar-refractivity contribution in [1.82, 2.24) is 19.4 Å². The number of carbonyl (C=O) groups is 1. The number of ether oxygens (including phenoxy) is 1. The number of anilines is 1. The molecule has 5 rings (SSSR count). The minimum Gasteiger partial charge on any atom is -0.444 e. The average molecular weight is 470 g/mol. The number of fused-ring (bicyclic) bond motifs is 1. The lowest BCUT2D eigenvalue weighted by molar-refractivity contribution is 0.0159. The van der Waals surface area contributed by atoms with E-state index in [2.05, 4.69) is 14.9 Å². The molecule has 0 radical (unpaired) electrons. The summed E-state index contributed by atoms with van der Waals surface area (Å²) >= 11 is 0. The van der Waals surface area contributed by atoms with Gasteiger partial charge in [0.15, 0.2) is 0 Å². The Kier molecular flexibility index (Phi) is 5.45. The second-order valence-electron chi connectivity index (χ2n) is 10.2. The zero-order valence-corrected chi connectivity index (χ0v) is 19.9. The Balaban J connectivity index is 1.50. The number of benzene rings is 1. The molecule has 180 valence electrons. The van der Waals surface area contributed by atoms with Crippen LogP contribution in [0, 0.1) is 11.6 Å². The normalized spacial score (nSPS) is 19.1. The quantitative estimate of drug-likeness (QED) is 0.539. The molecule has 1 atom stereocenters. The predicted octanol–water partition coefficient (Wildman–Crippen LogP) is 5.02. The molecule has 0 unspecified atom stereocenters. The maximum absolute atomic E-state index is 14.0. The van der Waals surface area contributed by atoms with Gasteiger partial charge in [-0.3, -0.25) is 0 Å². The highest BCUT2D eigenvalue weighted by Crippen LogP contribution is 2.46. The van der Waals surface area contributed by atoms with Crippen LogP contribution in [0.15, 0.2) is 30.7 Å². The van der Waals surface area contributed by atoms with Gasteiger partial charge in [0.1, 0.15) is 35.0 Å². The van der Waals surface area contributed by atoms with Crippen LogP contribution in [0.4, 0.5) is 19.4 Å². The fourth-order valence-electron chi connectivity index (χ4n) is 4.63. The zero-order chi connectivity index (χ0) is 24.2. The van der Waals surface area contributed by atoms with E-state index in [-0.39, 0.29) is 12.1 Å². The lowest BCUT2D eigenvalue weighted by Gasteiger charge is -2.40. The first-order valence-electron chi connectivity index (χ1n) is 11.7. The largest absolute Gasteiger partial charge is 0.444 e. The van der Waals surface area contributed by atoms with Crippen molar-refractivity contribution in [3.63, 3.8) is 0 Å². The van der Waals surface area contributed by atoms with E-state index in [1.165, 1.54) is 18.5 Å². The molecular weight excluding hydrogens is 440 g/mol. The topological polar surface area (TPSA) is 63.5 Å². The number of halogens is 2. The van der Waals surface area contributed by atoms with E-state index in [0.29, 0.717) is 36.9 Å². The Labute approximate surface area is 197 Å². The molecule has 2 fully saturated rings. The average Bonchev–Trinajstić information content (AvgIpc) is 3.51. The minimum atomic E-state index is -0.633. The van der Waals surface area contributed by atoms with Crippen LogP contribution in [0.25, 0.3) is 16.7 Å². The van der Waals surface area contributed by atoms with Crippen LogP contribution >= 0.6 is 0 Å². The van der Waals surface area contributed by atoms with Crippen LogP contribution < -0.4 is 4.90 Å². The summed E-state index contributed by atoms with van der Waals surface area (Å²) in [6, 6.07) is 3.41. The van der Waals surface area contributed by atoms with E-state index < -0.39 is 17.2 Å². The Morgan fingerprint density at radius 2 is 1.79 bits per heavy atom. The summed E-state index contributed by atoms with van der Waals surface area (Å²) in [7, 11) is 0. The highest BCUT2D eigenvalue weighted by molar-refractivity contribution is 5.93. The fraction of sp³-hybridized carbons (Fsp3) is 0.480. The molecule has 0 bridgehead atoms. The van der Waals surface area contributed by atoms with Crippen LogP contribution in [-0.4, -0.2) is 56.8 Å². The van der Waals surface area contributed by atoms with Crippen LogP contribution in [0.5, 0.6) is 0 Å². The minimum absolute atomic E-state index is 0.0719. The maximum atomic E-state index is 14.0. The van der Waals surface area contributed by atoms with Crippen molar-refractivity contribution >= 4 is 22.9 Å². The number of hydrogen-bond donors (Lipinski definition) is 0. The summed E-state index contributed by atoms with van der Waals surface area (Å²) in [6.07, 6.45) is 5.24. The van der Waals surface area contributed by atoms with Crippen molar-refractivity contribution in [1.29, 1.82) is 0 Å². The predicted molar refractivity (Wildman–Crippen MR) is 125 cm³/mol. The van der Waals surface area contributed by atoms with Crippen molar-refractivity contribution in [2.75, 3.05) is 24.5 Å². The van der Waals surface area contributed by atoms with Crippen molar-refractivity contribution < 1.29 is 18.3 Å². The fourth-order valence-corrected chi connectivity index (χ4v) is 4.63. The number of nitrogens with zero attached hydrogens (tertiary/aromatic N) is 5. The van der Waals surface area contributed by atoms with Gasteiger partial charge in [0.25, 0.3) is 0 Å². The highest BCUT2D eigenvalue weighted by Gasteiger charge is 2.34. The molecular formula is C25H29F2N5O2. The third-order valence-electron chi connectivity index (χ3n) is 6.29. The number of hydrogen-bond acceptors (Lipinski definition) is 5. The molecule has 1 saturated heterocycles. The summed E-state index contributed by atoms with van der Waals surface area (Å²) in [6.45, 7) is 9.27. The van der Waals surface area contributed by atoms with Crippen molar-refractivity contribution in [3.8, 4) is 5.69 Å². The lowest BCUT2D eigenvalue weighted by Crippen LogP contribution is -2.55. The van der Waals surface area contributed by atoms with Gasteiger partial charge in [-0.25, -0.2) is 23.5 Å². The molecule has 9 heteroatoms. The van der Waals surface area contributed by atoms with Gasteiger partial charge in [-0.2, -0.15) is 0 Å². The van der Waals surface area contributed by atoms with Crippen molar-refractivity contribution in [2.45, 2.75) is 58.1 Å². The van der Waals surface area contributed by atoms with Crippen LogP contribution in [-0.2, 0) is 4.74 Å². The van der Waals surface area contributed by atoms with Crippen LogP contribution in [0.3, 0.4) is 0 Å². The molecule has 0 N–H and O–H groups in total. The Morgan fingerprint density at radius 1 is 1.09 bits per heavy atom. The first-order chi connectivity index (χ1) is 16.1. The standard InChI is InChI=1S/C25H29F2N5O2/c1-15-12-30(7-8-31(15)24(33)34-25(2,3)4)22-21-20(16-5-6-16)13-32(23(21)29-14-28-22)19-10-17(26)9-18(27)11-19/h9-11,13-16H,5-8,12H2,1-4H3/t15-/m1/s1. The Bertz CT molecular complexity index is 1230. The third-order valence-corrected chi connectivity index (χ3v) is 6.29. The number of carbonyl (C=O) groups excluding carboxylic acids is 1. The summed E-state index contributed by atoms with van der Waals surface area (Å²) < 4.78 is 35.3. The van der Waals surface area contributed by atoms with E-state index in [9.17, 15) is 13.6 Å². The number of piperazine rings is 1. The summed E-state index contributed by atoms with van der Waals surface area (Å²) in [5.74, 6) is -0.0945. The van der Waals surface area contributed by atoms with E-state index in [1.54, 1.807) is 9.47 Å². The SMILES string of the molecule is C[C@@H]1CN(c2ncnc3c2c(C2CC2)cn3-c2cc(F)cc(F)c2)CCN1C(=O)OC(C)(C)C. The van der Waals surface area contributed by atoms with E-state index >= 15 is 0 Å². The lowest BCUT2D eigenvalue weighted by atomic mass is 10.1. The third kappa shape index (κ3) is 4.31. The Hall–Kier alpha value is -3.23. The molecule has 1 saturated carbocycles. The molecule has 1 aliphatic heterocycles. The van der Waals surface area contributed by atoms with E-state index in [1.807, 2.05) is 33.9 Å². The number of rotatable bonds is 3. The molecule has 3 aromatic rings. The van der Waals surface area contributed by atoms with Gasteiger partial charge in [0.2, 0.25) is 0 Å². The maximum Gasteiger partial charge on any atom is 0.410 e. The van der Waals surface area contributed by atoms with Crippen molar-refractivity contribution in [3.05, 3.63) is 47.9 Å². The molecule has 3 heterocycles. The van der Waals surface area contributed by atoms with Gasteiger partial charge in [-0.05, 0) is 64.2 Å². The molecule has 1 amide bonds. The second-order valence-corrected chi connectivity index (χ2v) is 10.2. The van der Waals surface area contributed by atoms with E-state index in [4.69, 9.17) is 4.74 Å². The summed E-state index contributed by atoms with van der Waals surface area (Å²) in [5.41, 5.74) is 1.56. The van der Waals surface area contributed by atoms with Crippen LogP contribution in [0.2, 0.25) is 0 Å². The molecule has 1 aliphatic carbocycles. The van der Waals surface area contributed by atoms with Gasteiger partial charge < -0.3 is 19.1 Å². The summed E-state index contributed by atoms with van der Waals surface area (Å²) in [4.78, 5) is 25.7. The van der Waals surface area contributed by atoms with Crippen molar-refractivity contribution in [2.24, 2.45) is 0 Å². The second kappa shape index (κ2) is 8.21. The Morgan fingerprint density at radius 3 is 2.41 bits per heavy atom. The van der Waals surface area contributed by atoms with Gasteiger partial charge in [0.05, 0.1) is 11.1 Å². The molecule has 2 aliphatic rings. The summed E-state index contributed by atoms with van der Waals surface area (Å²) in [5, 5.41) is 0.910. The zero-order valence-electron chi connectivity index (χ0n) is 19.9. The number of aromatic nitrogens is 3. The smallest absolute Gasteiger partial charge is 0.410 e. The van der Waals surface area contributed by atoms with Gasteiger partial charge in [0, 0.05) is 37.9 Å². The van der Waals surface area contributed by atoms with E-state index in [0.717, 1.165) is 35.7 Å². The molecule has 2 aromatic heterocycles. The van der Waals surface area contributed by atoms with Gasteiger partial charge in [-0.15, -0.1) is 0 Å². The molecule has 7 nitrogen and oxygen atoms in total. The highest BCUT2D eigenvalue weighted by atomic mass is 19.1.